The molecule has 0 aliphatic heterocycles. The van der Waals surface area contributed by atoms with E-state index < -0.39 is 12.5 Å². The smallest absolute Gasteiger partial charge is 0.323 e. The Morgan fingerprint density at radius 2 is 2.05 bits per heavy atom. The monoisotopic (exact) mass is 315 g/mol. The number of benzene rings is 1. The Hall–Kier alpha value is -2.15. The number of anilines is 1. The van der Waals surface area contributed by atoms with Crippen molar-refractivity contribution in [2.24, 2.45) is 0 Å². The van der Waals surface area contributed by atoms with Crippen LogP contribution in [-0.2, 0) is 11.3 Å². The second-order valence-corrected chi connectivity index (χ2v) is 4.69. The van der Waals surface area contributed by atoms with Crippen LogP contribution in [0.25, 0.3) is 0 Å². The predicted molar refractivity (Wildman–Crippen MR) is 73.6 cm³/mol. The zero-order valence-corrected chi connectivity index (χ0v) is 11.5. The number of carbonyl (C=O) groups is 1. The lowest BCUT2D eigenvalue weighted by Crippen LogP contribution is -2.30. The van der Waals surface area contributed by atoms with Crippen LogP contribution in [0.5, 0.6) is 0 Å². The predicted octanol–water partition coefficient (Wildman–Crippen LogP) is 3.02. The molecular formula is C13H12ClF2N3O2. The van der Waals surface area contributed by atoms with E-state index in [9.17, 15) is 13.6 Å². The molecule has 0 saturated heterocycles. The quantitative estimate of drug-likeness (QED) is 0.890. The Bertz CT molecular complexity index is 616. The van der Waals surface area contributed by atoms with Gasteiger partial charge in [0.1, 0.15) is 12.4 Å². The molecule has 0 bridgehead atoms. The maximum Gasteiger partial charge on any atom is 0.323 e. The molecule has 2 aromatic rings. The lowest BCUT2D eigenvalue weighted by atomic mass is 10.2. The minimum atomic E-state index is -2.72. The highest BCUT2D eigenvalue weighted by Crippen LogP contribution is 2.21. The number of alkyl halides is 2. The van der Waals surface area contributed by atoms with Crippen LogP contribution in [0.1, 0.15) is 12.4 Å². The average molecular weight is 316 g/mol. The van der Waals surface area contributed by atoms with Crippen LogP contribution in [0.4, 0.5) is 14.5 Å². The van der Waals surface area contributed by atoms with Crippen LogP contribution in [0, 0.1) is 0 Å². The molecule has 0 spiro atoms. The average Bonchev–Trinajstić information content (AvgIpc) is 2.86. The van der Waals surface area contributed by atoms with Gasteiger partial charge in [-0.1, -0.05) is 11.6 Å². The third-order valence-corrected chi connectivity index (χ3v) is 3.06. The molecule has 0 aliphatic rings. The number of aromatic nitrogens is 2. The molecule has 0 amide bonds. The number of nitrogens with zero attached hydrogens (tertiary/aromatic N) is 3. The van der Waals surface area contributed by atoms with E-state index in [-0.39, 0.29) is 18.9 Å². The van der Waals surface area contributed by atoms with Crippen LogP contribution < -0.4 is 4.90 Å². The van der Waals surface area contributed by atoms with Crippen molar-refractivity contribution in [1.29, 1.82) is 0 Å². The number of carboxylic acids is 1. The van der Waals surface area contributed by atoms with Gasteiger partial charge < -0.3 is 10.0 Å². The first-order chi connectivity index (χ1) is 9.97. The van der Waals surface area contributed by atoms with Gasteiger partial charge in [-0.2, -0.15) is 8.78 Å². The highest BCUT2D eigenvalue weighted by atomic mass is 35.5. The summed E-state index contributed by atoms with van der Waals surface area (Å²) in [6.07, 6.45) is 2.41. The normalized spacial score (nSPS) is 10.9. The molecule has 112 valence electrons. The summed E-state index contributed by atoms with van der Waals surface area (Å²) in [7, 11) is 0. The second kappa shape index (κ2) is 6.53. The van der Waals surface area contributed by atoms with Crippen molar-refractivity contribution < 1.29 is 18.7 Å². The first-order valence-electron chi connectivity index (χ1n) is 5.99. The van der Waals surface area contributed by atoms with Gasteiger partial charge in [0.05, 0.1) is 6.54 Å². The molecule has 5 nitrogen and oxygen atoms in total. The standard InChI is InChI=1S/C13H12ClF2N3O2/c14-9-1-3-10(4-2-9)18(8-12(20)21)7-11-17-5-6-19(11)13(15)16/h1-6,13H,7-8H2,(H,20,21). The zero-order chi connectivity index (χ0) is 15.4. The minimum absolute atomic E-state index is 0.0503. The summed E-state index contributed by atoms with van der Waals surface area (Å²) < 4.78 is 26.3. The van der Waals surface area contributed by atoms with Gasteiger partial charge in [-0.15, -0.1) is 0 Å². The summed E-state index contributed by atoms with van der Waals surface area (Å²) in [5, 5.41) is 9.47. The molecule has 1 heterocycles. The van der Waals surface area contributed by atoms with Crippen LogP contribution in [0.2, 0.25) is 5.02 Å². The van der Waals surface area contributed by atoms with Gasteiger partial charge in [-0.05, 0) is 24.3 Å². The number of aliphatic carboxylic acids is 1. The molecular weight excluding hydrogens is 304 g/mol. The van der Waals surface area contributed by atoms with E-state index in [1.165, 1.54) is 11.1 Å². The maximum absolute atomic E-state index is 12.8. The van der Waals surface area contributed by atoms with Crippen LogP contribution in [-0.4, -0.2) is 27.2 Å². The first-order valence-corrected chi connectivity index (χ1v) is 6.37. The summed E-state index contributed by atoms with van der Waals surface area (Å²) in [5.74, 6) is -0.985. The molecule has 2 rings (SSSR count). The molecule has 1 aromatic heterocycles. The Balaban J connectivity index is 2.26. The molecule has 0 aliphatic carbocycles. The van der Waals surface area contributed by atoms with Crippen LogP contribution >= 0.6 is 11.6 Å². The van der Waals surface area contributed by atoms with E-state index in [4.69, 9.17) is 16.7 Å². The summed E-state index contributed by atoms with van der Waals surface area (Å²) >= 11 is 5.78. The molecule has 0 atom stereocenters. The highest BCUT2D eigenvalue weighted by molar-refractivity contribution is 6.30. The minimum Gasteiger partial charge on any atom is -0.480 e. The van der Waals surface area contributed by atoms with Gasteiger partial charge in [-0.25, -0.2) is 4.98 Å². The number of imidazole rings is 1. The zero-order valence-electron chi connectivity index (χ0n) is 10.8. The second-order valence-electron chi connectivity index (χ2n) is 4.25. The Morgan fingerprint density at radius 3 is 2.62 bits per heavy atom. The molecule has 0 unspecified atom stereocenters. The SMILES string of the molecule is O=C(O)CN(Cc1nccn1C(F)F)c1ccc(Cl)cc1. The summed E-state index contributed by atoms with van der Waals surface area (Å²) in [6.45, 7) is -3.11. The number of hydrogen-bond acceptors (Lipinski definition) is 3. The molecule has 1 aromatic carbocycles. The van der Waals surface area contributed by atoms with Gasteiger partial charge in [0.2, 0.25) is 0 Å². The fourth-order valence-electron chi connectivity index (χ4n) is 1.87. The molecule has 8 heteroatoms. The number of hydrogen-bond donors (Lipinski definition) is 1. The van der Waals surface area contributed by atoms with Crippen molar-refractivity contribution in [3.05, 3.63) is 47.5 Å². The summed E-state index contributed by atoms with van der Waals surface area (Å²) in [6, 6.07) is 6.46. The number of halogens is 3. The topological polar surface area (TPSA) is 58.4 Å². The van der Waals surface area contributed by atoms with E-state index in [1.54, 1.807) is 24.3 Å². The number of carboxylic acid groups (broad SMARTS) is 1. The van der Waals surface area contributed by atoms with E-state index in [0.717, 1.165) is 6.20 Å². The van der Waals surface area contributed by atoms with E-state index in [0.29, 0.717) is 15.3 Å². The third-order valence-electron chi connectivity index (χ3n) is 2.81. The van der Waals surface area contributed by atoms with E-state index in [1.807, 2.05) is 0 Å². The van der Waals surface area contributed by atoms with Crippen molar-refractivity contribution in [1.82, 2.24) is 9.55 Å². The van der Waals surface area contributed by atoms with Crippen molar-refractivity contribution in [3.63, 3.8) is 0 Å². The Kier molecular flexibility index (Phi) is 4.74. The largest absolute Gasteiger partial charge is 0.480 e. The molecule has 1 N–H and O–H groups in total. The van der Waals surface area contributed by atoms with E-state index >= 15 is 0 Å². The van der Waals surface area contributed by atoms with Crippen LogP contribution in [0.3, 0.4) is 0 Å². The third kappa shape index (κ3) is 3.91. The molecule has 21 heavy (non-hydrogen) atoms. The molecule has 0 saturated carbocycles. The van der Waals surface area contributed by atoms with E-state index in [2.05, 4.69) is 4.98 Å². The first kappa shape index (κ1) is 15.2. The highest BCUT2D eigenvalue weighted by Gasteiger charge is 2.17. The van der Waals surface area contributed by atoms with Crippen molar-refractivity contribution >= 4 is 23.3 Å². The van der Waals surface area contributed by atoms with Crippen molar-refractivity contribution in [2.45, 2.75) is 13.1 Å². The van der Waals surface area contributed by atoms with Crippen molar-refractivity contribution in [3.8, 4) is 0 Å². The lowest BCUT2D eigenvalue weighted by molar-refractivity contribution is -0.135. The Labute approximate surface area is 124 Å². The number of rotatable bonds is 6. The maximum atomic E-state index is 12.8. The van der Waals surface area contributed by atoms with Gasteiger partial charge in [0.25, 0.3) is 0 Å². The fraction of sp³-hybridized carbons (Fsp3) is 0.231. The van der Waals surface area contributed by atoms with Crippen LogP contribution in [0.15, 0.2) is 36.7 Å². The summed E-state index contributed by atoms with van der Waals surface area (Å²) in [4.78, 5) is 16.2. The van der Waals surface area contributed by atoms with Gasteiger partial charge in [0.15, 0.2) is 0 Å². The Morgan fingerprint density at radius 1 is 1.38 bits per heavy atom. The lowest BCUT2D eigenvalue weighted by Gasteiger charge is -2.23. The summed E-state index contributed by atoms with van der Waals surface area (Å²) in [5.41, 5.74) is 0.561. The van der Waals surface area contributed by atoms with Gasteiger partial charge in [-0.3, -0.25) is 9.36 Å². The molecule has 0 fully saturated rings. The van der Waals surface area contributed by atoms with Gasteiger partial charge in [0, 0.05) is 23.1 Å². The van der Waals surface area contributed by atoms with Gasteiger partial charge >= 0.3 is 12.5 Å². The van der Waals surface area contributed by atoms with Crippen molar-refractivity contribution in [2.75, 3.05) is 11.4 Å². The molecule has 0 radical (unpaired) electrons. The fourth-order valence-corrected chi connectivity index (χ4v) is 1.99.